The second-order valence-corrected chi connectivity index (χ2v) is 4.66. The molecule has 24 heavy (non-hydrogen) atoms. The Morgan fingerprint density at radius 2 is 1.75 bits per heavy atom. The molecule has 0 unspecified atom stereocenters. The number of nitrogens with one attached hydrogen (secondary N) is 1. The molecule has 2 rings (SSSR count). The number of aryl methyl sites for hydroxylation is 1. The molecule has 0 fully saturated rings. The smallest absolute Gasteiger partial charge is 0.320 e. The van der Waals surface area contributed by atoms with Gasteiger partial charge < -0.3 is 21.0 Å². The number of nitrogens with two attached hydrogens (primary N) is 1. The number of amides is 2. The van der Waals surface area contributed by atoms with E-state index in [1.165, 1.54) is 12.0 Å². The van der Waals surface area contributed by atoms with E-state index in [0.717, 1.165) is 11.1 Å². The summed E-state index contributed by atoms with van der Waals surface area (Å²) in [5.41, 5.74) is 9.11. The van der Waals surface area contributed by atoms with E-state index in [2.05, 4.69) is 0 Å². The second-order valence-electron chi connectivity index (χ2n) is 4.66. The van der Waals surface area contributed by atoms with Gasteiger partial charge in [-0.25, -0.2) is 0 Å². The van der Waals surface area contributed by atoms with Crippen LogP contribution in [0.5, 0.6) is 0 Å². The molecule has 0 aromatic heterocycles. The average molecular weight is 570 g/mol. The van der Waals surface area contributed by atoms with Crippen LogP contribution in [0.15, 0.2) is 48.5 Å². The molecule has 0 spiro atoms. The van der Waals surface area contributed by atoms with Crippen LogP contribution in [0.1, 0.15) is 15.9 Å². The molecular formula is C17H17FmN2O4-. The Labute approximate surface area is 133 Å². The SMILES string of the molecule is Cc1ccc(-c2cccc(C(N)=O)c2)cc1.O=[C-]NCC(=O)O.[Fm]. The molecule has 2 aromatic rings. The van der Waals surface area contributed by atoms with Gasteiger partial charge in [-0.1, -0.05) is 42.0 Å². The summed E-state index contributed by atoms with van der Waals surface area (Å²) < 4.78 is 0. The van der Waals surface area contributed by atoms with Gasteiger partial charge in [-0.3, -0.25) is 9.59 Å². The quantitative estimate of drug-likeness (QED) is 0.374. The summed E-state index contributed by atoms with van der Waals surface area (Å²) in [6, 6.07) is 15.5. The van der Waals surface area contributed by atoms with E-state index in [-0.39, 0.29) is 6.54 Å². The molecule has 0 atom stereocenters. The number of aliphatic carboxylic acids is 1. The Morgan fingerprint density at radius 1 is 1.12 bits per heavy atom. The van der Waals surface area contributed by atoms with Gasteiger partial charge in [0.05, 0.1) is 6.54 Å². The monoisotopic (exact) mass is 570 g/mol. The second kappa shape index (κ2) is 9.73. The number of carbonyl (C=O) groups is 2. The fraction of sp³-hybridized carbons (Fsp3) is 0.118. The van der Waals surface area contributed by atoms with Gasteiger partial charge in [0.25, 0.3) is 0 Å². The van der Waals surface area contributed by atoms with Crippen molar-refractivity contribution < 1.29 is 19.5 Å². The van der Waals surface area contributed by atoms with E-state index in [4.69, 9.17) is 10.8 Å². The van der Waals surface area contributed by atoms with Crippen molar-refractivity contribution in [2.45, 2.75) is 6.92 Å². The third-order valence-electron chi connectivity index (χ3n) is 2.84. The van der Waals surface area contributed by atoms with E-state index < -0.39 is 11.9 Å². The molecule has 0 saturated heterocycles. The fourth-order valence-electron chi connectivity index (χ4n) is 1.71. The molecule has 0 aliphatic rings. The maximum absolute atomic E-state index is 11.1. The topological polar surface area (TPSA) is 109 Å². The fourth-order valence-corrected chi connectivity index (χ4v) is 1.71. The molecule has 2 aromatic carbocycles. The third-order valence-corrected chi connectivity index (χ3v) is 2.84. The van der Waals surface area contributed by atoms with Crippen molar-refractivity contribution in [3.8, 4) is 11.1 Å². The molecule has 0 aliphatic carbocycles. The van der Waals surface area contributed by atoms with Crippen LogP contribution in [0.25, 0.3) is 11.1 Å². The van der Waals surface area contributed by atoms with Gasteiger partial charge in [0.1, 0.15) is 0 Å². The first-order valence-corrected chi connectivity index (χ1v) is 6.72. The summed E-state index contributed by atoms with van der Waals surface area (Å²) in [5.74, 6) is -1.46. The number of carboxylic acid groups (broad SMARTS) is 1. The van der Waals surface area contributed by atoms with Crippen LogP contribution in [0.2, 0.25) is 0 Å². The molecule has 7 heteroatoms. The Kier molecular flexibility index (Phi) is 8.04. The maximum atomic E-state index is 11.1. The van der Waals surface area contributed by atoms with E-state index >= 15 is 0 Å². The Balaban J connectivity index is 0.000000570. The minimum absolute atomic E-state index is 0. The van der Waals surface area contributed by atoms with Crippen molar-refractivity contribution >= 4 is 18.3 Å². The van der Waals surface area contributed by atoms with Gasteiger partial charge in [-0.05, 0) is 30.2 Å². The van der Waals surface area contributed by atoms with Crippen molar-refractivity contribution in [2.24, 2.45) is 5.73 Å². The molecule has 132 valence electrons. The van der Waals surface area contributed by atoms with E-state index in [1.54, 1.807) is 6.07 Å². The van der Waals surface area contributed by atoms with Gasteiger partial charge in [-0.2, -0.15) is 6.41 Å². The Morgan fingerprint density at radius 3 is 2.21 bits per heavy atom. The van der Waals surface area contributed by atoms with Gasteiger partial charge in [0, 0.05) is 5.56 Å². The number of carbonyl (C=O) groups excluding carboxylic acids is 2. The van der Waals surface area contributed by atoms with Crippen LogP contribution in [0, 0.1) is 6.92 Å². The number of primary amides is 1. The third kappa shape index (κ3) is 6.53. The van der Waals surface area contributed by atoms with E-state index in [0.29, 0.717) is 5.56 Å². The first-order valence-electron chi connectivity index (χ1n) is 6.72. The zero-order valence-electron chi connectivity index (χ0n) is 12.9. The predicted octanol–water partition coefficient (Wildman–Crippen LogP) is 1.49. The van der Waals surface area contributed by atoms with Gasteiger partial charge >= 0.3 is 5.97 Å². The van der Waals surface area contributed by atoms with Crippen LogP contribution >= 0.6 is 0 Å². The zero-order chi connectivity index (χ0) is 17.2. The van der Waals surface area contributed by atoms with Crippen LogP contribution in [0.3, 0.4) is 0 Å². The Bertz CT molecular complexity index is 687. The van der Waals surface area contributed by atoms with Crippen LogP contribution < -0.4 is 11.1 Å². The average Bonchev–Trinajstić information content (AvgIpc) is 2.54. The molecule has 6 nitrogen and oxygen atoms in total. The number of hydrogen-bond donors (Lipinski definition) is 3. The predicted molar refractivity (Wildman–Crippen MR) is 86.5 cm³/mol. The largest absolute Gasteiger partial charge is 0.521 e. The first-order chi connectivity index (χ1) is 10.9. The van der Waals surface area contributed by atoms with Crippen molar-refractivity contribution in [3.63, 3.8) is 0 Å². The van der Waals surface area contributed by atoms with Crippen LogP contribution in [0.4, 0.5) is 0 Å². The van der Waals surface area contributed by atoms with Gasteiger partial charge in [0.15, 0.2) is 0 Å². The van der Waals surface area contributed by atoms with Crippen molar-refractivity contribution in [3.05, 3.63) is 59.7 Å². The molecule has 4 N–H and O–H groups in total. The number of carboxylic acids is 1. The van der Waals surface area contributed by atoms with Gasteiger partial charge in [-0.15, -0.1) is 0 Å². The molecule has 0 aliphatic heterocycles. The first kappa shape index (κ1) is 19.9. The summed E-state index contributed by atoms with van der Waals surface area (Å²) in [4.78, 5) is 29.8. The van der Waals surface area contributed by atoms with E-state index in [1.807, 2.05) is 54.7 Å². The molecular weight excluding hydrogens is 553 g/mol. The standard InChI is InChI=1S/C14H13NO.C3H4NO3.Fm/c1-10-5-7-11(8-6-10)12-3-2-4-13(9-12)14(15)16;5-2-4-1-3(6)7;/h2-9H,1H3,(H2,15,16);1H2,(H,4,5)(H,6,7);/q;-1;. The number of rotatable bonds is 5. The number of benzene rings is 2. The molecule has 0 radical (unpaired) electrons. The summed E-state index contributed by atoms with van der Waals surface area (Å²) in [6.07, 6.45) is 1.22. The van der Waals surface area contributed by atoms with Crippen molar-refractivity contribution in [1.82, 2.24) is 5.32 Å². The minimum Gasteiger partial charge on any atom is -0.521 e. The number of hydrogen-bond acceptors (Lipinski definition) is 3. The molecule has 2 amide bonds. The van der Waals surface area contributed by atoms with E-state index in [9.17, 15) is 14.4 Å². The summed E-state index contributed by atoms with van der Waals surface area (Å²) in [7, 11) is 0. The molecule has 0 bridgehead atoms. The van der Waals surface area contributed by atoms with Gasteiger partial charge in [0.2, 0.25) is 5.91 Å². The zero-order valence-corrected chi connectivity index (χ0v) is 15.3. The van der Waals surface area contributed by atoms with Crippen LogP contribution in [-0.2, 0) is 9.59 Å². The summed E-state index contributed by atoms with van der Waals surface area (Å²) in [5, 5.41) is 9.65. The minimum atomic E-state index is -1.07. The molecule has 0 saturated carbocycles. The normalized spacial score (nSPS) is 8.88. The molecule has 0 heterocycles. The maximum Gasteiger partial charge on any atom is 0.320 e. The van der Waals surface area contributed by atoms with Crippen molar-refractivity contribution in [2.75, 3.05) is 6.54 Å². The summed E-state index contributed by atoms with van der Waals surface area (Å²) >= 11 is 0. The van der Waals surface area contributed by atoms with Crippen LogP contribution in [-0.4, -0.2) is 29.9 Å². The van der Waals surface area contributed by atoms with Crippen molar-refractivity contribution in [1.29, 1.82) is 0 Å². The summed E-state index contributed by atoms with van der Waals surface area (Å²) in [6.45, 7) is 1.69. The Hall–Kier alpha value is -4.15.